The van der Waals surface area contributed by atoms with Crippen LogP contribution < -0.4 is 5.32 Å². The number of aryl methyl sites for hydroxylation is 1. The van der Waals surface area contributed by atoms with E-state index in [-0.39, 0.29) is 0 Å². The first kappa shape index (κ1) is 12.5. The summed E-state index contributed by atoms with van der Waals surface area (Å²) < 4.78 is 7.41. The van der Waals surface area contributed by atoms with Crippen molar-refractivity contribution in [2.75, 3.05) is 13.2 Å². The first-order chi connectivity index (χ1) is 8.20. The Labute approximate surface area is 103 Å². The average molecular weight is 238 g/mol. The number of rotatable bonds is 5. The topological polar surface area (TPSA) is 52.0 Å². The predicted molar refractivity (Wildman–Crippen MR) is 65.7 cm³/mol. The van der Waals surface area contributed by atoms with E-state index in [0.717, 1.165) is 31.7 Å². The fourth-order valence-corrected chi connectivity index (χ4v) is 2.63. The van der Waals surface area contributed by atoms with Gasteiger partial charge in [-0.1, -0.05) is 12.1 Å². The Kier molecular flexibility index (Phi) is 4.12. The Morgan fingerprint density at radius 1 is 1.65 bits per heavy atom. The van der Waals surface area contributed by atoms with Gasteiger partial charge in [-0.3, -0.25) is 4.68 Å². The van der Waals surface area contributed by atoms with Crippen LogP contribution in [0.5, 0.6) is 0 Å². The van der Waals surface area contributed by atoms with Crippen molar-refractivity contribution in [3.8, 4) is 0 Å². The third kappa shape index (κ3) is 3.04. The first-order valence-corrected chi connectivity index (χ1v) is 6.41. The molecule has 2 heterocycles. The van der Waals surface area contributed by atoms with Gasteiger partial charge in [-0.2, -0.15) is 0 Å². The van der Waals surface area contributed by atoms with Gasteiger partial charge in [-0.05, 0) is 19.9 Å². The monoisotopic (exact) mass is 238 g/mol. The Hall–Kier alpha value is -0.940. The van der Waals surface area contributed by atoms with Gasteiger partial charge < -0.3 is 10.1 Å². The zero-order valence-electron chi connectivity index (χ0n) is 10.9. The van der Waals surface area contributed by atoms with E-state index in [1.54, 1.807) is 4.68 Å². The molecule has 0 spiro atoms. The second kappa shape index (κ2) is 5.60. The van der Waals surface area contributed by atoms with Gasteiger partial charge >= 0.3 is 0 Å². The Balaban J connectivity index is 2.01. The number of hydrogen-bond acceptors (Lipinski definition) is 4. The Morgan fingerprint density at radius 3 is 3.00 bits per heavy atom. The molecule has 1 N–H and O–H groups in total. The van der Waals surface area contributed by atoms with Crippen molar-refractivity contribution in [2.24, 2.45) is 13.0 Å². The van der Waals surface area contributed by atoms with Crippen LogP contribution in [0, 0.1) is 5.92 Å². The minimum absolute atomic E-state index is 0.343. The minimum Gasteiger partial charge on any atom is -0.378 e. The summed E-state index contributed by atoms with van der Waals surface area (Å²) in [5.41, 5.74) is 1.05. The fraction of sp³-hybridized carbons (Fsp3) is 0.833. The molecule has 3 atom stereocenters. The molecule has 1 aliphatic rings. The molecular formula is C12H22N4O. The van der Waals surface area contributed by atoms with E-state index in [0.29, 0.717) is 18.1 Å². The SMILES string of the molecule is CCNC(Cc1cn(C)nn1)C1CCOC1C. The fourth-order valence-electron chi connectivity index (χ4n) is 2.63. The van der Waals surface area contributed by atoms with Crippen molar-refractivity contribution >= 4 is 0 Å². The smallest absolute Gasteiger partial charge is 0.0842 e. The number of aromatic nitrogens is 3. The van der Waals surface area contributed by atoms with Crippen molar-refractivity contribution in [2.45, 2.75) is 38.8 Å². The van der Waals surface area contributed by atoms with Crippen molar-refractivity contribution in [1.29, 1.82) is 0 Å². The lowest BCUT2D eigenvalue weighted by Gasteiger charge is -2.25. The number of hydrogen-bond donors (Lipinski definition) is 1. The molecule has 0 radical (unpaired) electrons. The van der Waals surface area contributed by atoms with E-state index in [1.807, 2.05) is 13.2 Å². The molecule has 5 heteroatoms. The molecule has 96 valence electrons. The molecule has 3 unspecified atom stereocenters. The van der Waals surface area contributed by atoms with Crippen molar-refractivity contribution in [3.05, 3.63) is 11.9 Å². The van der Waals surface area contributed by atoms with Crippen LogP contribution in [0.15, 0.2) is 6.20 Å². The number of ether oxygens (including phenoxy) is 1. The van der Waals surface area contributed by atoms with Crippen molar-refractivity contribution in [1.82, 2.24) is 20.3 Å². The number of nitrogens with zero attached hydrogens (tertiary/aromatic N) is 3. The predicted octanol–water partition coefficient (Wildman–Crippen LogP) is 0.761. The number of likely N-dealkylation sites (N-methyl/N-ethyl adjacent to an activating group) is 1. The van der Waals surface area contributed by atoms with Gasteiger partial charge in [0.15, 0.2) is 0 Å². The van der Waals surface area contributed by atoms with Gasteiger partial charge in [-0.25, -0.2) is 0 Å². The van der Waals surface area contributed by atoms with Crippen LogP contribution in [0.3, 0.4) is 0 Å². The lowest BCUT2D eigenvalue weighted by Crippen LogP contribution is -2.40. The molecule has 2 rings (SSSR count). The van der Waals surface area contributed by atoms with E-state index in [2.05, 4.69) is 29.5 Å². The highest BCUT2D eigenvalue weighted by Gasteiger charge is 2.31. The maximum absolute atomic E-state index is 5.65. The van der Waals surface area contributed by atoms with E-state index in [9.17, 15) is 0 Å². The van der Waals surface area contributed by atoms with Gasteiger partial charge in [0.05, 0.1) is 11.8 Å². The number of nitrogens with one attached hydrogen (secondary N) is 1. The van der Waals surface area contributed by atoms with Crippen molar-refractivity contribution in [3.63, 3.8) is 0 Å². The molecule has 0 aromatic carbocycles. The van der Waals surface area contributed by atoms with Crippen LogP contribution in [0.4, 0.5) is 0 Å². The summed E-state index contributed by atoms with van der Waals surface area (Å²) in [6.07, 6.45) is 4.40. The zero-order valence-corrected chi connectivity index (χ0v) is 10.9. The quantitative estimate of drug-likeness (QED) is 0.823. The maximum atomic E-state index is 5.65. The molecule has 1 aromatic heterocycles. The molecular weight excluding hydrogens is 216 g/mol. The lowest BCUT2D eigenvalue weighted by molar-refractivity contribution is 0.0955. The largest absolute Gasteiger partial charge is 0.378 e. The molecule has 5 nitrogen and oxygen atoms in total. The molecule has 0 amide bonds. The normalized spacial score (nSPS) is 26.3. The summed E-state index contributed by atoms with van der Waals surface area (Å²) in [6, 6.07) is 0.439. The third-order valence-corrected chi connectivity index (χ3v) is 3.50. The maximum Gasteiger partial charge on any atom is 0.0842 e. The third-order valence-electron chi connectivity index (χ3n) is 3.50. The van der Waals surface area contributed by atoms with Crippen LogP contribution in [-0.4, -0.2) is 40.3 Å². The molecule has 0 aliphatic carbocycles. The molecule has 0 bridgehead atoms. The van der Waals surface area contributed by atoms with E-state index in [1.165, 1.54) is 0 Å². The Bertz CT molecular complexity index is 352. The second-order valence-electron chi connectivity index (χ2n) is 4.78. The molecule has 1 saturated heterocycles. The standard InChI is InChI=1S/C12H22N4O/c1-4-13-12(11-5-6-17-9(11)2)7-10-8-16(3)15-14-10/h8-9,11-13H,4-7H2,1-3H3. The second-order valence-corrected chi connectivity index (χ2v) is 4.78. The lowest BCUT2D eigenvalue weighted by atomic mass is 9.90. The zero-order chi connectivity index (χ0) is 12.3. The van der Waals surface area contributed by atoms with Crippen LogP contribution in [0.25, 0.3) is 0 Å². The summed E-state index contributed by atoms with van der Waals surface area (Å²) in [5, 5.41) is 11.7. The molecule has 17 heavy (non-hydrogen) atoms. The van der Waals surface area contributed by atoms with Gasteiger partial charge in [0.25, 0.3) is 0 Å². The van der Waals surface area contributed by atoms with Crippen LogP contribution in [0.2, 0.25) is 0 Å². The van der Waals surface area contributed by atoms with Gasteiger partial charge in [0.1, 0.15) is 0 Å². The molecule has 0 saturated carbocycles. The average Bonchev–Trinajstić information content (AvgIpc) is 2.87. The van der Waals surface area contributed by atoms with Crippen LogP contribution in [-0.2, 0) is 18.2 Å². The summed E-state index contributed by atoms with van der Waals surface area (Å²) in [6.45, 7) is 6.17. The van der Waals surface area contributed by atoms with Gasteiger partial charge in [0, 0.05) is 38.2 Å². The van der Waals surface area contributed by atoms with Gasteiger partial charge in [-0.15, -0.1) is 5.10 Å². The summed E-state index contributed by atoms with van der Waals surface area (Å²) in [5.74, 6) is 0.581. The summed E-state index contributed by atoms with van der Waals surface area (Å²) >= 11 is 0. The van der Waals surface area contributed by atoms with Crippen molar-refractivity contribution < 1.29 is 4.74 Å². The first-order valence-electron chi connectivity index (χ1n) is 6.41. The Morgan fingerprint density at radius 2 is 2.47 bits per heavy atom. The highest BCUT2D eigenvalue weighted by molar-refractivity contribution is 4.99. The summed E-state index contributed by atoms with van der Waals surface area (Å²) in [7, 11) is 1.90. The van der Waals surface area contributed by atoms with E-state index >= 15 is 0 Å². The van der Waals surface area contributed by atoms with Gasteiger partial charge in [0.2, 0.25) is 0 Å². The molecule has 1 aliphatic heterocycles. The van der Waals surface area contributed by atoms with Crippen LogP contribution in [0.1, 0.15) is 26.0 Å². The summed E-state index contributed by atoms with van der Waals surface area (Å²) in [4.78, 5) is 0. The molecule has 1 aromatic rings. The van der Waals surface area contributed by atoms with E-state index in [4.69, 9.17) is 4.74 Å². The molecule has 1 fully saturated rings. The minimum atomic E-state index is 0.343. The highest BCUT2D eigenvalue weighted by atomic mass is 16.5. The van der Waals surface area contributed by atoms with Crippen LogP contribution >= 0.6 is 0 Å². The van der Waals surface area contributed by atoms with E-state index < -0.39 is 0 Å². The highest BCUT2D eigenvalue weighted by Crippen LogP contribution is 2.25.